The van der Waals surface area contributed by atoms with E-state index in [0.29, 0.717) is 6.08 Å². The minimum Gasteiger partial charge on any atom is -0.545 e. The molecular formula is C5H5O4-. The Kier molecular flexibility index (Phi) is 3.12. The summed E-state index contributed by atoms with van der Waals surface area (Å²) in [7, 11) is 1.15. The number of carboxylic acid groups (broad SMARTS) is 1. The summed E-state index contributed by atoms with van der Waals surface area (Å²) in [6.45, 7) is 0. The topological polar surface area (TPSA) is 66.4 Å². The number of carbonyl (C=O) groups excluding carboxylic acids is 2. The molecule has 0 amide bonds. The molecule has 4 nitrogen and oxygen atoms in total. The summed E-state index contributed by atoms with van der Waals surface area (Å²) < 4.78 is 4.08. The van der Waals surface area contributed by atoms with Crippen molar-refractivity contribution in [1.29, 1.82) is 0 Å². The van der Waals surface area contributed by atoms with Gasteiger partial charge in [0.05, 0.1) is 13.1 Å². The molecule has 0 spiro atoms. The first kappa shape index (κ1) is 7.68. The minimum atomic E-state index is -1.42. The SMILES string of the molecule is COC(=O)C=CC(=O)[O-]. The average molecular weight is 129 g/mol. The Labute approximate surface area is 51.7 Å². The zero-order valence-corrected chi connectivity index (χ0v) is 4.79. The van der Waals surface area contributed by atoms with Gasteiger partial charge in [0.1, 0.15) is 0 Å². The molecule has 9 heavy (non-hydrogen) atoms. The van der Waals surface area contributed by atoms with Gasteiger partial charge in [-0.3, -0.25) is 0 Å². The van der Waals surface area contributed by atoms with E-state index in [1.54, 1.807) is 0 Å². The fourth-order valence-corrected chi connectivity index (χ4v) is 0.204. The average Bonchev–Trinajstić information content (AvgIpc) is 1.83. The molecule has 0 N–H and O–H groups in total. The predicted octanol–water partition coefficient (Wildman–Crippen LogP) is -1.53. The van der Waals surface area contributed by atoms with Gasteiger partial charge in [0.15, 0.2) is 0 Å². The number of methoxy groups -OCH3 is 1. The molecule has 0 radical (unpaired) electrons. The fraction of sp³-hybridized carbons (Fsp3) is 0.200. The standard InChI is InChI=1S/C5H6O4/c1-9-5(8)3-2-4(6)7/h2-3H,1H3,(H,6,7)/p-1. The van der Waals surface area contributed by atoms with E-state index in [1.165, 1.54) is 0 Å². The van der Waals surface area contributed by atoms with Crippen LogP contribution in [-0.2, 0) is 14.3 Å². The van der Waals surface area contributed by atoms with E-state index >= 15 is 0 Å². The highest BCUT2D eigenvalue weighted by molar-refractivity contribution is 5.89. The molecule has 50 valence electrons. The Morgan fingerprint density at radius 2 is 2.00 bits per heavy atom. The number of aliphatic carboxylic acids is 1. The summed E-state index contributed by atoms with van der Waals surface area (Å²) in [6, 6.07) is 0. The van der Waals surface area contributed by atoms with Crippen LogP contribution in [0.3, 0.4) is 0 Å². The monoisotopic (exact) mass is 129 g/mol. The van der Waals surface area contributed by atoms with Crippen molar-refractivity contribution < 1.29 is 19.4 Å². The summed E-state index contributed by atoms with van der Waals surface area (Å²) in [6.07, 6.45) is 1.38. The van der Waals surface area contributed by atoms with Crippen molar-refractivity contribution in [2.24, 2.45) is 0 Å². The van der Waals surface area contributed by atoms with E-state index in [-0.39, 0.29) is 0 Å². The lowest BCUT2D eigenvalue weighted by Gasteiger charge is -1.89. The Morgan fingerprint density at radius 1 is 1.44 bits per heavy atom. The Balaban J connectivity index is 3.71. The van der Waals surface area contributed by atoms with Gasteiger partial charge in [-0.1, -0.05) is 0 Å². The van der Waals surface area contributed by atoms with Crippen LogP contribution in [0.2, 0.25) is 0 Å². The van der Waals surface area contributed by atoms with Crippen LogP contribution in [0.4, 0.5) is 0 Å². The van der Waals surface area contributed by atoms with Crippen LogP contribution in [0.5, 0.6) is 0 Å². The van der Waals surface area contributed by atoms with Crippen molar-refractivity contribution in [1.82, 2.24) is 0 Å². The normalized spacial score (nSPS) is 9.44. The van der Waals surface area contributed by atoms with Crippen LogP contribution in [0, 0.1) is 0 Å². The van der Waals surface area contributed by atoms with Crippen LogP contribution in [0.25, 0.3) is 0 Å². The maximum absolute atomic E-state index is 10.1. The summed E-state index contributed by atoms with van der Waals surface area (Å²) in [5, 5.41) is 9.61. The van der Waals surface area contributed by atoms with Gasteiger partial charge < -0.3 is 14.6 Å². The largest absolute Gasteiger partial charge is 0.545 e. The number of esters is 1. The van der Waals surface area contributed by atoms with E-state index in [2.05, 4.69) is 4.74 Å². The zero-order valence-electron chi connectivity index (χ0n) is 4.79. The molecule has 0 aromatic heterocycles. The van der Waals surface area contributed by atoms with E-state index in [4.69, 9.17) is 0 Å². The number of carbonyl (C=O) groups is 2. The van der Waals surface area contributed by atoms with Crippen LogP contribution in [-0.4, -0.2) is 19.0 Å². The van der Waals surface area contributed by atoms with Gasteiger partial charge in [0.25, 0.3) is 0 Å². The maximum atomic E-state index is 10.1. The first-order chi connectivity index (χ1) is 4.16. The molecule has 0 aromatic rings. The van der Waals surface area contributed by atoms with Crippen LogP contribution < -0.4 is 5.11 Å². The molecule has 0 aromatic carbocycles. The van der Waals surface area contributed by atoms with E-state index in [0.717, 1.165) is 13.2 Å². The first-order valence-electron chi connectivity index (χ1n) is 2.14. The van der Waals surface area contributed by atoms with Crippen LogP contribution in [0.1, 0.15) is 0 Å². The van der Waals surface area contributed by atoms with Crippen molar-refractivity contribution in [3.63, 3.8) is 0 Å². The van der Waals surface area contributed by atoms with E-state index < -0.39 is 11.9 Å². The van der Waals surface area contributed by atoms with Gasteiger partial charge in [0.2, 0.25) is 0 Å². The smallest absolute Gasteiger partial charge is 0.330 e. The molecule has 0 bridgehead atoms. The summed E-state index contributed by atoms with van der Waals surface area (Å²) in [5.74, 6) is -2.13. The molecule has 0 atom stereocenters. The third-order valence-corrected chi connectivity index (χ3v) is 0.557. The van der Waals surface area contributed by atoms with Crippen molar-refractivity contribution in [3.8, 4) is 0 Å². The molecule has 0 saturated carbocycles. The van der Waals surface area contributed by atoms with Crippen molar-refractivity contribution in [3.05, 3.63) is 12.2 Å². The van der Waals surface area contributed by atoms with Gasteiger partial charge in [-0.15, -0.1) is 0 Å². The number of hydrogen-bond acceptors (Lipinski definition) is 4. The highest BCUT2D eigenvalue weighted by Crippen LogP contribution is 1.74. The van der Waals surface area contributed by atoms with Gasteiger partial charge >= 0.3 is 5.97 Å². The molecule has 0 fully saturated rings. The Bertz CT molecular complexity index is 147. The second-order valence-corrected chi connectivity index (χ2v) is 1.18. The molecule has 4 heteroatoms. The van der Waals surface area contributed by atoms with Crippen molar-refractivity contribution >= 4 is 11.9 Å². The second kappa shape index (κ2) is 3.65. The molecule has 0 saturated heterocycles. The summed E-state index contributed by atoms with van der Waals surface area (Å²) in [4.78, 5) is 19.7. The van der Waals surface area contributed by atoms with Gasteiger partial charge in [-0.25, -0.2) is 4.79 Å². The first-order valence-corrected chi connectivity index (χ1v) is 2.14. The molecular weight excluding hydrogens is 124 g/mol. The lowest BCUT2D eigenvalue weighted by atomic mass is 10.5. The van der Waals surface area contributed by atoms with Crippen molar-refractivity contribution in [2.75, 3.05) is 7.11 Å². The third-order valence-electron chi connectivity index (χ3n) is 0.557. The Morgan fingerprint density at radius 3 is 2.33 bits per heavy atom. The summed E-state index contributed by atoms with van der Waals surface area (Å²) in [5.41, 5.74) is 0. The molecule has 0 aliphatic carbocycles. The molecule has 0 aliphatic rings. The van der Waals surface area contributed by atoms with E-state index in [9.17, 15) is 14.7 Å². The number of rotatable bonds is 2. The molecule has 0 rings (SSSR count). The quantitative estimate of drug-likeness (QED) is 0.335. The van der Waals surface area contributed by atoms with Gasteiger partial charge in [-0.2, -0.15) is 0 Å². The molecule has 0 aliphatic heterocycles. The highest BCUT2D eigenvalue weighted by atomic mass is 16.5. The lowest BCUT2D eigenvalue weighted by Crippen LogP contribution is -2.19. The third kappa shape index (κ3) is 4.53. The highest BCUT2D eigenvalue weighted by Gasteiger charge is 1.87. The minimum absolute atomic E-state index is 0.603. The van der Waals surface area contributed by atoms with Crippen LogP contribution >= 0.6 is 0 Å². The number of carboxylic acids is 1. The van der Waals surface area contributed by atoms with E-state index in [1.807, 2.05) is 0 Å². The predicted molar refractivity (Wildman–Crippen MR) is 26.2 cm³/mol. The molecule has 0 unspecified atom stereocenters. The fourth-order valence-electron chi connectivity index (χ4n) is 0.204. The molecule has 0 heterocycles. The maximum Gasteiger partial charge on any atom is 0.330 e. The van der Waals surface area contributed by atoms with Crippen molar-refractivity contribution in [2.45, 2.75) is 0 Å². The summed E-state index contributed by atoms with van der Waals surface area (Å²) >= 11 is 0. The number of hydrogen-bond donors (Lipinski definition) is 0. The van der Waals surface area contributed by atoms with Gasteiger partial charge in [0, 0.05) is 6.08 Å². The Hall–Kier alpha value is -1.32. The lowest BCUT2D eigenvalue weighted by molar-refractivity contribution is -0.297. The van der Waals surface area contributed by atoms with Gasteiger partial charge in [-0.05, 0) is 6.08 Å². The number of ether oxygens (including phenoxy) is 1. The van der Waals surface area contributed by atoms with Crippen LogP contribution in [0.15, 0.2) is 12.2 Å². The zero-order chi connectivity index (χ0) is 7.28. The second-order valence-electron chi connectivity index (χ2n) is 1.18.